The average molecular weight is 167 g/mol. The van der Waals surface area contributed by atoms with Gasteiger partial charge >= 0.3 is 0 Å². The fourth-order valence-electron chi connectivity index (χ4n) is 1.14. The van der Waals surface area contributed by atoms with Crippen LogP contribution in [0.5, 0.6) is 0 Å². The molecule has 2 heteroatoms. The first-order valence-electron chi connectivity index (χ1n) is 4.72. The van der Waals surface area contributed by atoms with E-state index < -0.39 is 0 Å². The quantitative estimate of drug-likeness (QED) is 0.412. The highest BCUT2D eigenvalue weighted by atomic mass is 16.1. The van der Waals surface area contributed by atoms with Crippen LogP contribution in [0.4, 0.5) is 0 Å². The molecule has 68 valence electrons. The molecule has 0 radical (unpaired) electrons. The Morgan fingerprint density at radius 2 is 1.58 bits per heavy atom. The van der Waals surface area contributed by atoms with E-state index in [2.05, 4.69) is 6.07 Å². The third kappa shape index (κ3) is 9.16. The molecule has 0 rings (SSSR count). The molecule has 0 aliphatic rings. The van der Waals surface area contributed by atoms with Crippen molar-refractivity contribution in [3.05, 3.63) is 0 Å². The smallest absolute Gasteiger partial charge is 0.119 e. The topological polar surface area (TPSA) is 40.9 Å². The third-order valence-corrected chi connectivity index (χ3v) is 1.86. The van der Waals surface area contributed by atoms with E-state index in [1.54, 1.807) is 0 Å². The molecule has 12 heavy (non-hydrogen) atoms. The summed E-state index contributed by atoms with van der Waals surface area (Å²) < 4.78 is 0. The Kier molecular flexibility index (Phi) is 9.45. The van der Waals surface area contributed by atoms with E-state index in [1.165, 1.54) is 12.8 Å². The first kappa shape index (κ1) is 11.2. The van der Waals surface area contributed by atoms with Gasteiger partial charge in [0.2, 0.25) is 0 Å². The minimum absolute atomic E-state index is 0.689. The van der Waals surface area contributed by atoms with Crippen molar-refractivity contribution in [3.63, 3.8) is 0 Å². The minimum Gasteiger partial charge on any atom is -0.303 e. The number of nitrogens with zero attached hydrogens (tertiary/aromatic N) is 1. The number of unbranched alkanes of at least 4 members (excludes halogenated alkanes) is 7. The van der Waals surface area contributed by atoms with Crippen LogP contribution in [-0.2, 0) is 4.79 Å². The zero-order valence-corrected chi connectivity index (χ0v) is 7.59. The predicted molar refractivity (Wildman–Crippen MR) is 48.6 cm³/mol. The van der Waals surface area contributed by atoms with Gasteiger partial charge < -0.3 is 4.79 Å². The SMILES string of the molecule is N#CCCCCCCCCC=O. The molecule has 0 aromatic rings. The highest BCUT2D eigenvalue weighted by molar-refractivity contribution is 5.48. The summed E-state index contributed by atoms with van der Waals surface area (Å²) in [5.74, 6) is 0. The van der Waals surface area contributed by atoms with Gasteiger partial charge in [-0.05, 0) is 12.8 Å². The Hall–Kier alpha value is -0.840. The highest BCUT2D eigenvalue weighted by Gasteiger charge is 1.90. The number of carbonyl (C=O) groups is 1. The van der Waals surface area contributed by atoms with Crippen LogP contribution in [0.25, 0.3) is 0 Å². The number of nitriles is 1. The summed E-state index contributed by atoms with van der Waals surface area (Å²) in [6.07, 6.45) is 9.17. The molecule has 0 fully saturated rings. The average Bonchev–Trinajstić information content (AvgIpc) is 2.10. The van der Waals surface area contributed by atoms with Crippen molar-refractivity contribution in [1.29, 1.82) is 5.26 Å². The summed E-state index contributed by atoms with van der Waals surface area (Å²) >= 11 is 0. The van der Waals surface area contributed by atoms with Crippen molar-refractivity contribution in [2.75, 3.05) is 0 Å². The summed E-state index contributed by atoms with van der Waals surface area (Å²) in [5.41, 5.74) is 0. The normalized spacial score (nSPS) is 9.25. The molecule has 2 nitrogen and oxygen atoms in total. The molecule has 0 saturated heterocycles. The van der Waals surface area contributed by atoms with Crippen LogP contribution in [0.2, 0.25) is 0 Å². The van der Waals surface area contributed by atoms with Gasteiger partial charge in [-0.3, -0.25) is 0 Å². The van der Waals surface area contributed by atoms with Gasteiger partial charge in [0.15, 0.2) is 0 Å². The highest BCUT2D eigenvalue weighted by Crippen LogP contribution is 2.07. The van der Waals surface area contributed by atoms with Crippen LogP contribution in [0.3, 0.4) is 0 Å². The lowest BCUT2D eigenvalue weighted by molar-refractivity contribution is -0.107. The summed E-state index contributed by atoms with van der Waals surface area (Å²) in [4.78, 5) is 9.94. The fraction of sp³-hybridized carbons (Fsp3) is 0.800. The third-order valence-electron chi connectivity index (χ3n) is 1.86. The second-order valence-electron chi connectivity index (χ2n) is 2.98. The van der Waals surface area contributed by atoms with E-state index in [1.807, 2.05) is 0 Å². The maximum absolute atomic E-state index is 9.94. The summed E-state index contributed by atoms with van der Waals surface area (Å²) in [7, 11) is 0. The molecule has 0 atom stereocenters. The van der Waals surface area contributed by atoms with E-state index in [-0.39, 0.29) is 0 Å². The van der Waals surface area contributed by atoms with Gasteiger partial charge in [0, 0.05) is 12.8 Å². The molecule has 0 amide bonds. The molecular formula is C10H17NO. The molecule has 0 bridgehead atoms. The largest absolute Gasteiger partial charge is 0.303 e. The van der Waals surface area contributed by atoms with Gasteiger partial charge in [-0.2, -0.15) is 5.26 Å². The molecule has 0 aliphatic heterocycles. The lowest BCUT2D eigenvalue weighted by Crippen LogP contribution is -1.80. The first-order valence-corrected chi connectivity index (χ1v) is 4.72. The zero-order valence-electron chi connectivity index (χ0n) is 7.59. The van der Waals surface area contributed by atoms with E-state index in [9.17, 15) is 4.79 Å². The molecule has 0 unspecified atom stereocenters. The molecule has 0 heterocycles. The Morgan fingerprint density at radius 1 is 1.00 bits per heavy atom. The van der Waals surface area contributed by atoms with Gasteiger partial charge in [0.1, 0.15) is 6.29 Å². The molecule has 0 saturated carbocycles. The van der Waals surface area contributed by atoms with Gasteiger partial charge in [0.05, 0.1) is 6.07 Å². The van der Waals surface area contributed by atoms with Crippen LogP contribution in [0.15, 0.2) is 0 Å². The molecule has 0 N–H and O–H groups in total. The first-order chi connectivity index (χ1) is 5.91. The van der Waals surface area contributed by atoms with Gasteiger partial charge in [-0.1, -0.05) is 25.7 Å². The summed E-state index contributed by atoms with van der Waals surface area (Å²) in [6.45, 7) is 0. The van der Waals surface area contributed by atoms with E-state index >= 15 is 0 Å². The molecule has 0 aliphatic carbocycles. The molecule has 0 spiro atoms. The van der Waals surface area contributed by atoms with Crippen LogP contribution >= 0.6 is 0 Å². The van der Waals surface area contributed by atoms with Crippen molar-refractivity contribution in [2.45, 2.75) is 51.4 Å². The number of carbonyl (C=O) groups excluding carboxylic acids is 1. The Bertz CT molecular complexity index is 137. The van der Waals surface area contributed by atoms with Gasteiger partial charge in [-0.15, -0.1) is 0 Å². The predicted octanol–water partition coefficient (Wildman–Crippen LogP) is 2.83. The number of aldehydes is 1. The van der Waals surface area contributed by atoms with Crippen LogP contribution in [0.1, 0.15) is 51.4 Å². The van der Waals surface area contributed by atoms with Gasteiger partial charge in [0.25, 0.3) is 0 Å². The van der Waals surface area contributed by atoms with Crippen molar-refractivity contribution in [1.82, 2.24) is 0 Å². The van der Waals surface area contributed by atoms with Gasteiger partial charge in [-0.25, -0.2) is 0 Å². The zero-order chi connectivity index (χ0) is 9.07. The fourth-order valence-corrected chi connectivity index (χ4v) is 1.14. The van der Waals surface area contributed by atoms with Crippen LogP contribution in [-0.4, -0.2) is 6.29 Å². The Labute approximate surface area is 74.6 Å². The monoisotopic (exact) mass is 167 g/mol. The van der Waals surface area contributed by atoms with Crippen molar-refractivity contribution < 1.29 is 4.79 Å². The minimum atomic E-state index is 0.689. The van der Waals surface area contributed by atoms with Crippen LogP contribution < -0.4 is 0 Å². The number of hydrogen-bond donors (Lipinski definition) is 0. The lowest BCUT2D eigenvalue weighted by Gasteiger charge is -1.96. The number of rotatable bonds is 8. The van der Waals surface area contributed by atoms with E-state index in [4.69, 9.17) is 5.26 Å². The van der Waals surface area contributed by atoms with Crippen molar-refractivity contribution in [2.24, 2.45) is 0 Å². The Balaban J connectivity index is 2.82. The molecule has 0 aromatic carbocycles. The molecule has 0 aromatic heterocycles. The van der Waals surface area contributed by atoms with Crippen molar-refractivity contribution >= 4 is 6.29 Å². The standard InChI is InChI=1S/C10H17NO/c11-9-7-5-3-1-2-4-6-8-10-12/h10H,1-8H2. The summed E-state index contributed by atoms with van der Waals surface area (Å²) in [6, 6.07) is 2.13. The Morgan fingerprint density at radius 3 is 2.17 bits per heavy atom. The maximum Gasteiger partial charge on any atom is 0.119 e. The number of hydrogen-bond acceptors (Lipinski definition) is 2. The second kappa shape index (κ2) is 10.2. The second-order valence-corrected chi connectivity index (χ2v) is 2.98. The van der Waals surface area contributed by atoms with E-state index in [0.717, 1.165) is 32.0 Å². The summed E-state index contributed by atoms with van der Waals surface area (Å²) in [5, 5.41) is 8.25. The van der Waals surface area contributed by atoms with Crippen molar-refractivity contribution in [3.8, 4) is 6.07 Å². The van der Waals surface area contributed by atoms with Crippen LogP contribution in [0, 0.1) is 11.3 Å². The maximum atomic E-state index is 9.94. The lowest BCUT2D eigenvalue weighted by atomic mass is 10.1. The molecular weight excluding hydrogens is 150 g/mol. The van der Waals surface area contributed by atoms with E-state index in [0.29, 0.717) is 12.8 Å².